The van der Waals surface area contributed by atoms with Crippen molar-refractivity contribution in [2.75, 3.05) is 7.11 Å². The molecule has 1 fully saturated rings. The average Bonchev–Trinajstić information content (AvgIpc) is 3.10. The van der Waals surface area contributed by atoms with E-state index in [4.69, 9.17) is 9.47 Å². The number of benzene rings is 1. The van der Waals surface area contributed by atoms with Gasteiger partial charge < -0.3 is 9.47 Å². The summed E-state index contributed by atoms with van der Waals surface area (Å²) in [7, 11) is 1.62. The van der Waals surface area contributed by atoms with E-state index in [-0.39, 0.29) is 5.97 Å². The highest BCUT2D eigenvalue weighted by Gasteiger charge is 2.32. The van der Waals surface area contributed by atoms with Gasteiger partial charge >= 0.3 is 5.97 Å². The Morgan fingerprint density at radius 1 is 1.27 bits per heavy atom. The van der Waals surface area contributed by atoms with Crippen LogP contribution in [0.25, 0.3) is 0 Å². The molecule has 2 rings (SSSR count). The lowest BCUT2D eigenvalue weighted by Gasteiger charge is -2.04. The van der Waals surface area contributed by atoms with E-state index in [0.717, 1.165) is 30.1 Å². The number of esters is 1. The molecule has 0 heterocycles. The van der Waals surface area contributed by atoms with Gasteiger partial charge in [-0.05, 0) is 30.5 Å². The zero-order chi connectivity index (χ0) is 10.7. The van der Waals surface area contributed by atoms with Gasteiger partial charge in [0.1, 0.15) is 12.4 Å². The van der Waals surface area contributed by atoms with Crippen LogP contribution in [0, 0.1) is 5.92 Å². The van der Waals surface area contributed by atoms with Crippen molar-refractivity contribution in [2.24, 2.45) is 0 Å². The summed E-state index contributed by atoms with van der Waals surface area (Å²) in [6.07, 6.45) is 1.81. The maximum absolute atomic E-state index is 11.2. The van der Waals surface area contributed by atoms with Crippen LogP contribution in [0.5, 0.6) is 5.75 Å². The molecule has 1 aromatic carbocycles. The predicted molar refractivity (Wildman–Crippen MR) is 55.3 cm³/mol. The Kier molecular flexibility index (Phi) is 2.90. The Balaban J connectivity index is 1.84. The molecule has 0 aromatic heterocycles. The SMILES string of the molecule is COc1ccc(COC(=O)[C]2CC2)cc1. The lowest BCUT2D eigenvalue weighted by atomic mass is 10.2. The van der Waals surface area contributed by atoms with Gasteiger partial charge in [0.2, 0.25) is 0 Å². The van der Waals surface area contributed by atoms with Crippen molar-refractivity contribution in [3.05, 3.63) is 35.7 Å². The molecule has 0 atom stereocenters. The molecule has 0 aliphatic heterocycles. The monoisotopic (exact) mass is 205 g/mol. The Hall–Kier alpha value is -1.51. The first kappa shape index (κ1) is 10.0. The summed E-state index contributed by atoms with van der Waals surface area (Å²) < 4.78 is 10.1. The van der Waals surface area contributed by atoms with E-state index in [1.54, 1.807) is 7.11 Å². The Morgan fingerprint density at radius 3 is 2.47 bits per heavy atom. The van der Waals surface area contributed by atoms with Crippen molar-refractivity contribution < 1.29 is 14.3 Å². The molecule has 15 heavy (non-hydrogen) atoms. The lowest BCUT2D eigenvalue weighted by Crippen LogP contribution is -2.04. The predicted octanol–water partition coefficient (Wildman–Crippen LogP) is 2.11. The Morgan fingerprint density at radius 2 is 1.93 bits per heavy atom. The standard InChI is InChI=1S/C12H13O3/c1-14-11-6-2-9(3-7-11)8-15-12(13)10-4-5-10/h2-3,6-7H,4-5,8H2,1H3. The van der Waals surface area contributed by atoms with Crippen molar-refractivity contribution in [3.63, 3.8) is 0 Å². The second-order valence-corrected chi connectivity index (χ2v) is 3.53. The molecule has 1 saturated carbocycles. The maximum Gasteiger partial charge on any atom is 0.313 e. The van der Waals surface area contributed by atoms with Crippen molar-refractivity contribution in [1.29, 1.82) is 0 Å². The molecule has 0 saturated heterocycles. The molecule has 0 N–H and O–H groups in total. The fourth-order valence-corrected chi connectivity index (χ4v) is 1.24. The number of methoxy groups -OCH3 is 1. The third kappa shape index (κ3) is 2.72. The molecule has 3 heteroatoms. The van der Waals surface area contributed by atoms with Crippen LogP contribution in [0.1, 0.15) is 18.4 Å². The third-order valence-corrected chi connectivity index (χ3v) is 2.32. The van der Waals surface area contributed by atoms with Crippen LogP contribution in [0.4, 0.5) is 0 Å². The smallest absolute Gasteiger partial charge is 0.313 e. The van der Waals surface area contributed by atoms with Crippen LogP contribution < -0.4 is 4.74 Å². The first-order chi connectivity index (χ1) is 7.29. The first-order valence-electron chi connectivity index (χ1n) is 4.94. The fourth-order valence-electron chi connectivity index (χ4n) is 1.24. The minimum Gasteiger partial charge on any atom is -0.497 e. The first-order valence-corrected chi connectivity index (χ1v) is 4.94. The summed E-state index contributed by atoms with van der Waals surface area (Å²) in [5.41, 5.74) is 0.977. The number of hydrogen-bond acceptors (Lipinski definition) is 3. The van der Waals surface area contributed by atoms with Crippen molar-refractivity contribution >= 4 is 5.97 Å². The van der Waals surface area contributed by atoms with Gasteiger partial charge in [-0.3, -0.25) is 4.79 Å². The van der Waals surface area contributed by atoms with Gasteiger partial charge in [0.25, 0.3) is 0 Å². The highest BCUT2D eigenvalue weighted by Crippen LogP contribution is 2.33. The van der Waals surface area contributed by atoms with Crippen molar-refractivity contribution in [2.45, 2.75) is 19.4 Å². The molecule has 79 valence electrons. The molecule has 3 nitrogen and oxygen atoms in total. The van der Waals surface area contributed by atoms with Gasteiger partial charge in [-0.25, -0.2) is 0 Å². The summed E-state index contributed by atoms with van der Waals surface area (Å²) in [6, 6.07) is 7.49. The second-order valence-electron chi connectivity index (χ2n) is 3.53. The van der Waals surface area contributed by atoms with Gasteiger partial charge in [-0.15, -0.1) is 0 Å². The molecule has 0 bridgehead atoms. The van der Waals surface area contributed by atoms with Gasteiger partial charge in [0, 0.05) is 0 Å². The van der Waals surface area contributed by atoms with E-state index < -0.39 is 0 Å². The molecule has 1 radical (unpaired) electrons. The van der Waals surface area contributed by atoms with Crippen LogP contribution in [0.2, 0.25) is 0 Å². The zero-order valence-electron chi connectivity index (χ0n) is 8.66. The van der Waals surface area contributed by atoms with E-state index in [2.05, 4.69) is 0 Å². The maximum atomic E-state index is 11.2. The van der Waals surface area contributed by atoms with Crippen LogP contribution in [-0.4, -0.2) is 13.1 Å². The summed E-state index contributed by atoms with van der Waals surface area (Å²) in [5.74, 6) is 1.57. The average molecular weight is 205 g/mol. The quantitative estimate of drug-likeness (QED) is 0.706. The summed E-state index contributed by atoms with van der Waals surface area (Å²) in [5, 5.41) is 0. The molecular formula is C12H13O3. The Bertz CT molecular complexity index is 338. The second kappa shape index (κ2) is 4.34. The van der Waals surface area contributed by atoms with Gasteiger partial charge in [0.15, 0.2) is 0 Å². The van der Waals surface area contributed by atoms with Crippen molar-refractivity contribution in [3.8, 4) is 5.75 Å². The highest BCUT2D eigenvalue weighted by atomic mass is 16.5. The number of carbonyl (C=O) groups is 1. The normalized spacial score (nSPS) is 14.7. The van der Waals surface area contributed by atoms with Crippen LogP contribution in [0.15, 0.2) is 24.3 Å². The van der Waals surface area contributed by atoms with Crippen molar-refractivity contribution in [1.82, 2.24) is 0 Å². The van der Waals surface area contributed by atoms with E-state index >= 15 is 0 Å². The largest absolute Gasteiger partial charge is 0.497 e. The zero-order valence-corrected chi connectivity index (χ0v) is 8.66. The third-order valence-electron chi connectivity index (χ3n) is 2.32. The summed E-state index contributed by atoms with van der Waals surface area (Å²) >= 11 is 0. The number of carbonyl (C=O) groups excluding carboxylic acids is 1. The number of rotatable bonds is 4. The molecule has 1 aliphatic rings. The number of ether oxygens (including phenoxy) is 2. The minimum atomic E-state index is -0.147. The Labute approximate surface area is 89.0 Å². The highest BCUT2D eigenvalue weighted by molar-refractivity contribution is 5.88. The van der Waals surface area contributed by atoms with E-state index in [1.165, 1.54) is 0 Å². The van der Waals surface area contributed by atoms with Gasteiger partial charge in [-0.1, -0.05) is 12.1 Å². The molecule has 1 aromatic rings. The molecule has 0 unspecified atom stereocenters. The van der Waals surface area contributed by atoms with Crippen LogP contribution in [-0.2, 0) is 16.1 Å². The summed E-state index contributed by atoms with van der Waals surface area (Å²) in [4.78, 5) is 11.2. The van der Waals surface area contributed by atoms with E-state index in [1.807, 2.05) is 24.3 Å². The van der Waals surface area contributed by atoms with E-state index in [9.17, 15) is 4.79 Å². The molecule has 1 aliphatic carbocycles. The summed E-state index contributed by atoms with van der Waals surface area (Å²) in [6.45, 7) is 0.340. The van der Waals surface area contributed by atoms with Gasteiger partial charge in [0.05, 0.1) is 13.0 Å². The lowest BCUT2D eigenvalue weighted by molar-refractivity contribution is -0.141. The van der Waals surface area contributed by atoms with Crippen LogP contribution >= 0.6 is 0 Å². The molecule has 0 amide bonds. The van der Waals surface area contributed by atoms with Crippen LogP contribution in [0.3, 0.4) is 0 Å². The van der Waals surface area contributed by atoms with Gasteiger partial charge in [-0.2, -0.15) is 0 Å². The number of hydrogen-bond donors (Lipinski definition) is 0. The molecular weight excluding hydrogens is 192 g/mol. The van der Waals surface area contributed by atoms with E-state index in [0.29, 0.717) is 6.61 Å². The minimum absolute atomic E-state index is 0.147. The fraction of sp³-hybridized carbons (Fsp3) is 0.333. The topological polar surface area (TPSA) is 35.5 Å². The molecule has 0 spiro atoms.